The number of benzene rings is 2. The topological polar surface area (TPSA) is 103 Å². The Hall–Kier alpha value is -2.94. The molecule has 0 saturated carbocycles. The molecule has 0 radical (unpaired) electrons. The van der Waals surface area contributed by atoms with Crippen molar-refractivity contribution in [2.24, 2.45) is 5.16 Å². The van der Waals surface area contributed by atoms with Crippen molar-refractivity contribution in [3.8, 4) is 5.75 Å². The summed E-state index contributed by atoms with van der Waals surface area (Å²) < 4.78 is 6.34. The molecule has 1 amide bonds. The number of hydrogen-bond donors (Lipinski definition) is 1. The van der Waals surface area contributed by atoms with Crippen LogP contribution in [0.3, 0.4) is 0 Å². The minimum absolute atomic E-state index is 0.115. The highest BCUT2D eigenvalue weighted by Gasteiger charge is 2.07. The molecule has 2 rings (SSSR count). The Morgan fingerprint density at radius 3 is 2.80 bits per heavy atom. The van der Waals surface area contributed by atoms with E-state index in [1.807, 2.05) is 18.2 Å². The summed E-state index contributed by atoms with van der Waals surface area (Å²) in [5.74, 6) is 0.124. The fraction of sp³-hybridized carbons (Fsp3) is 0.125. The van der Waals surface area contributed by atoms with Gasteiger partial charge in [0.1, 0.15) is 18.6 Å². The minimum atomic E-state index is -0.562. The maximum Gasteiger partial charge on any atom is 0.271 e. The van der Waals surface area contributed by atoms with E-state index >= 15 is 0 Å². The first-order chi connectivity index (χ1) is 12.0. The Morgan fingerprint density at radius 1 is 1.24 bits per heavy atom. The number of nitro benzene ring substituents is 1. The van der Waals surface area contributed by atoms with E-state index in [9.17, 15) is 14.9 Å². The Bertz CT molecular complexity index is 782. The summed E-state index contributed by atoms with van der Waals surface area (Å²) in [6.45, 7) is 0.424. The molecule has 0 unspecified atom stereocenters. The van der Waals surface area contributed by atoms with Crippen LogP contribution in [0.5, 0.6) is 5.75 Å². The van der Waals surface area contributed by atoms with Gasteiger partial charge in [-0.2, -0.15) is 0 Å². The van der Waals surface area contributed by atoms with Crippen LogP contribution in [0, 0.1) is 10.1 Å². The number of nitrogens with zero attached hydrogens (tertiary/aromatic N) is 2. The predicted molar refractivity (Wildman–Crippen MR) is 95.8 cm³/mol. The largest absolute Gasteiger partial charge is 0.490 e. The van der Waals surface area contributed by atoms with Gasteiger partial charge in [0.05, 0.1) is 4.92 Å². The molecule has 0 spiro atoms. The molecule has 0 fully saturated rings. The zero-order valence-corrected chi connectivity index (χ0v) is 14.5. The number of oxime groups is 1. The van der Waals surface area contributed by atoms with Gasteiger partial charge in [-0.15, -0.1) is 0 Å². The van der Waals surface area contributed by atoms with Crippen molar-refractivity contribution >= 4 is 39.4 Å². The highest BCUT2D eigenvalue weighted by Crippen LogP contribution is 2.18. The highest BCUT2D eigenvalue weighted by molar-refractivity contribution is 9.10. The third-order valence-corrected chi connectivity index (χ3v) is 3.30. The first kappa shape index (κ1) is 18.4. The Balaban J connectivity index is 1.70. The number of carbonyl (C=O) groups is 1. The van der Waals surface area contributed by atoms with Crippen LogP contribution >= 0.6 is 15.9 Å². The number of rotatable bonds is 8. The van der Waals surface area contributed by atoms with Gasteiger partial charge >= 0.3 is 0 Å². The number of halogens is 1. The van der Waals surface area contributed by atoms with Crippen molar-refractivity contribution in [2.45, 2.75) is 0 Å². The van der Waals surface area contributed by atoms with E-state index in [-0.39, 0.29) is 18.9 Å². The van der Waals surface area contributed by atoms with E-state index in [0.717, 1.165) is 10.7 Å². The number of nitro groups is 1. The van der Waals surface area contributed by atoms with Crippen LogP contribution in [0.2, 0.25) is 0 Å². The number of ether oxygens (including phenoxy) is 1. The fourth-order valence-electron chi connectivity index (χ4n) is 1.76. The number of hydrogen-bond acceptors (Lipinski definition) is 6. The molecule has 25 heavy (non-hydrogen) atoms. The molecule has 0 saturated heterocycles. The Labute approximate surface area is 151 Å². The van der Waals surface area contributed by atoms with Crippen LogP contribution in [0.25, 0.3) is 0 Å². The lowest BCUT2D eigenvalue weighted by molar-refractivity contribution is -0.384. The van der Waals surface area contributed by atoms with Gasteiger partial charge in [0, 0.05) is 22.3 Å². The summed E-state index contributed by atoms with van der Waals surface area (Å²) in [5, 5.41) is 16.6. The summed E-state index contributed by atoms with van der Waals surface area (Å²) in [4.78, 5) is 26.7. The zero-order valence-electron chi connectivity index (χ0n) is 12.9. The summed E-state index contributed by atoms with van der Waals surface area (Å²) >= 11 is 3.33. The molecule has 2 aromatic rings. The van der Waals surface area contributed by atoms with Crippen LogP contribution in [-0.2, 0) is 9.63 Å². The third kappa shape index (κ3) is 6.60. The van der Waals surface area contributed by atoms with E-state index < -0.39 is 10.8 Å². The molecule has 1 N–H and O–H groups in total. The van der Waals surface area contributed by atoms with Gasteiger partial charge in [0.2, 0.25) is 0 Å². The molecule has 130 valence electrons. The second kappa shape index (κ2) is 9.38. The molecular formula is C16H14BrN3O5. The zero-order chi connectivity index (χ0) is 18.1. The standard InChI is InChI=1S/C16H14BrN3O5/c17-12-3-1-6-15(9-12)24-7-8-25-18-11-16(21)19-13-4-2-5-14(10-13)20(22)23/h1-6,9-11H,7-8H2,(H,19,21)/b18-11-. The lowest BCUT2D eigenvalue weighted by Gasteiger charge is -2.05. The van der Waals surface area contributed by atoms with Crippen LogP contribution in [0.15, 0.2) is 58.2 Å². The lowest BCUT2D eigenvalue weighted by Crippen LogP contribution is -2.13. The molecule has 0 aliphatic carbocycles. The number of amides is 1. The van der Waals surface area contributed by atoms with Gasteiger partial charge in [-0.05, 0) is 24.3 Å². The minimum Gasteiger partial charge on any atom is -0.490 e. The van der Waals surface area contributed by atoms with Crippen LogP contribution in [0.4, 0.5) is 11.4 Å². The summed E-state index contributed by atoms with van der Waals surface area (Å²) in [6.07, 6.45) is 0.942. The predicted octanol–water partition coefficient (Wildman–Crippen LogP) is 3.38. The molecule has 0 aliphatic heterocycles. The van der Waals surface area contributed by atoms with Crippen LogP contribution < -0.4 is 10.1 Å². The summed E-state index contributed by atoms with van der Waals surface area (Å²) in [7, 11) is 0. The van der Waals surface area contributed by atoms with Gasteiger partial charge in [0.25, 0.3) is 11.6 Å². The normalized spacial score (nSPS) is 10.4. The number of carbonyl (C=O) groups excluding carboxylic acids is 1. The molecule has 0 aromatic heterocycles. The average Bonchev–Trinajstić information content (AvgIpc) is 2.58. The summed E-state index contributed by atoms with van der Waals surface area (Å²) in [5.41, 5.74) is 0.180. The first-order valence-corrected chi connectivity index (χ1v) is 7.93. The second-order valence-electron chi connectivity index (χ2n) is 4.67. The van der Waals surface area contributed by atoms with Crippen molar-refractivity contribution in [2.75, 3.05) is 18.5 Å². The van der Waals surface area contributed by atoms with Crippen LogP contribution in [0.1, 0.15) is 0 Å². The average molecular weight is 408 g/mol. The molecule has 2 aromatic carbocycles. The number of anilines is 1. The van der Waals surface area contributed by atoms with Crippen LogP contribution in [-0.4, -0.2) is 30.3 Å². The van der Waals surface area contributed by atoms with Gasteiger partial charge in [-0.3, -0.25) is 14.9 Å². The molecular weight excluding hydrogens is 394 g/mol. The highest BCUT2D eigenvalue weighted by atomic mass is 79.9. The van der Waals surface area contributed by atoms with E-state index in [1.54, 1.807) is 6.07 Å². The monoisotopic (exact) mass is 407 g/mol. The molecule has 0 heterocycles. The van der Waals surface area contributed by atoms with Gasteiger partial charge in [-0.25, -0.2) is 0 Å². The van der Waals surface area contributed by atoms with E-state index in [0.29, 0.717) is 11.4 Å². The Morgan fingerprint density at radius 2 is 2.04 bits per heavy atom. The van der Waals surface area contributed by atoms with Crippen molar-refractivity contribution < 1.29 is 19.3 Å². The van der Waals surface area contributed by atoms with Gasteiger partial charge in [0.15, 0.2) is 6.61 Å². The molecule has 8 nitrogen and oxygen atoms in total. The van der Waals surface area contributed by atoms with Crippen molar-refractivity contribution in [3.63, 3.8) is 0 Å². The second-order valence-corrected chi connectivity index (χ2v) is 5.59. The third-order valence-electron chi connectivity index (χ3n) is 2.81. The SMILES string of the molecule is O=C(/C=N\OCCOc1cccc(Br)c1)Nc1cccc([N+](=O)[O-])c1. The van der Waals surface area contributed by atoms with E-state index in [4.69, 9.17) is 9.57 Å². The summed E-state index contributed by atoms with van der Waals surface area (Å²) in [6, 6.07) is 12.9. The lowest BCUT2D eigenvalue weighted by atomic mass is 10.3. The van der Waals surface area contributed by atoms with Crippen molar-refractivity contribution in [1.82, 2.24) is 0 Å². The number of non-ortho nitro benzene ring substituents is 1. The van der Waals surface area contributed by atoms with Crippen molar-refractivity contribution in [3.05, 3.63) is 63.1 Å². The Kier molecular flexibility index (Phi) is 6.90. The quantitative estimate of drug-likeness (QED) is 0.312. The van der Waals surface area contributed by atoms with Gasteiger partial charge < -0.3 is 14.9 Å². The smallest absolute Gasteiger partial charge is 0.271 e. The molecule has 9 heteroatoms. The number of nitrogens with one attached hydrogen (secondary N) is 1. The van der Waals surface area contributed by atoms with E-state index in [2.05, 4.69) is 26.4 Å². The molecule has 0 bridgehead atoms. The maximum absolute atomic E-state index is 11.6. The van der Waals surface area contributed by atoms with E-state index in [1.165, 1.54) is 24.3 Å². The molecule has 0 aliphatic rings. The van der Waals surface area contributed by atoms with Gasteiger partial charge in [-0.1, -0.05) is 33.2 Å². The maximum atomic E-state index is 11.6. The first-order valence-electron chi connectivity index (χ1n) is 7.14. The van der Waals surface area contributed by atoms with Crippen molar-refractivity contribution in [1.29, 1.82) is 0 Å². The fourth-order valence-corrected chi connectivity index (χ4v) is 2.14. The molecule has 0 atom stereocenters.